The molecule has 0 radical (unpaired) electrons. The summed E-state index contributed by atoms with van der Waals surface area (Å²) in [4.78, 5) is 34.7. The number of cyclic esters (lactones) is 1. The summed E-state index contributed by atoms with van der Waals surface area (Å²) in [6.07, 6.45) is 1.18. The van der Waals surface area contributed by atoms with E-state index in [9.17, 15) is 14.4 Å². The number of carbonyl (C=O) groups is 2. The lowest BCUT2D eigenvalue weighted by Crippen LogP contribution is -2.27. The number of nitrogens with zero attached hydrogens (tertiary/aromatic N) is 2. The average Bonchev–Trinajstić information content (AvgIpc) is 2.83. The van der Waals surface area contributed by atoms with E-state index in [0.717, 1.165) is 12.8 Å². The molecule has 7 heteroatoms. The summed E-state index contributed by atoms with van der Waals surface area (Å²) < 4.78 is 11.0. The Bertz CT molecular complexity index is 566. The minimum absolute atomic E-state index is 0.0143. The summed E-state index contributed by atoms with van der Waals surface area (Å²) in [5, 5.41) is 3.95. The zero-order chi connectivity index (χ0) is 14.5. The molecule has 2 heterocycles. The third-order valence-electron chi connectivity index (χ3n) is 2.94. The van der Waals surface area contributed by atoms with Gasteiger partial charge in [-0.05, 0) is 12.5 Å². The third kappa shape index (κ3) is 3.23. The van der Waals surface area contributed by atoms with Crippen molar-refractivity contribution >= 4 is 11.9 Å². The Morgan fingerprint density at radius 3 is 2.95 bits per heavy atom. The second-order valence-electron chi connectivity index (χ2n) is 4.48. The Kier molecular flexibility index (Phi) is 4.49. The quantitative estimate of drug-likeness (QED) is 0.730. The highest BCUT2D eigenvalue weighted by Gasteiger charge is 2.31. The van der Waals surface area contributed by atoms with Crippen LogP contribution in [0, 0.1) is 0 Å². The fourth-order valence-electron chi connectivity index (χ4n) is 1.80. The van der Waals surface area contributed by atoms with E-state index >= 15 is 0 Å². The minimum atomic E-state index is -0.875. The monoisotopic (exact) mass is 280 g/mol. The molecule has 1 saturated heterocycles. The zero-order valence-corrected chi connectivity index (χ0v) is 11.2. The molecule has 0 N–H and O–H groups in total. The third-order valence-corrected chi connectivity index (χ3v) is 2.94. The molecule has 1 fully saturated rings. The first kappa shape index (κ1) is 14.2. The molecule has 0 spiro atoms. The van der Waals surface area contributed by atoms with Crippen LogP contribution in [-0.2, 0) is 20.8 Å². The van der Waals surface area contributed by atoms with Crippen LogP contribution in [0.1, 0.15) is 36.7 Å². The van der Waals surface area contributed by atoms with Gasteiger partial charge in [0.1, 0.15) is 0 Å². The van der Waals surface area contributed by atoms with Gasteiger partial charge in [0.05, 0.1) is 6.61 Å². The molecule has 0 aliphatic carbocycles. The zero-order valence-electron chi connectivity index (χ0n) is 11.2. The van der Waals surface area contributed by atoms with Crippen LogP contribution >= 0.6 is 0 Å². The molecule has 0 aromatic carbocycles. The summed E-state index contributed by atoms with van der Waals surface area (Å²) in [5.41, 5.74) is -0.254. The van der Waals surface area contributed by atoms with E-state index in [1.807, 2.05) is 6.92 Å². The van der Waals surface area contributed by atoms with Crippen molar-refractivity contribution in [2.24, 2.45) is 0 Å². The Balaban J connectivity index is 2.09. The molecule has 1 aromatic rings. The number of rotatable bonds is 5. The Labute approximate surface area is 115 Å². The topological polar surface area (TPSA) is 87.5 Å². The number of aryl methyl sites for hydroxylation is 1. The van der Waals surface area contributed by atoms with Crippen LogP contribution in [0.4, 0.5) is 0 Å². The van der Waals surface area contributed by atoms with Gasteiger partial charge in [-0.3, -0.25) is 4.79 Å². The first-order valence-corrected chi connectivity index (χ1v) is 6.57. The number of carbonyl (C=O) groups excluding carboxylic acids is 2. The Morgan fingerprint density at radius 1 is 1.50 bits per heavy atom. The maximum Gasteiger partial charge on any atom is 0.359 e. The predicted octanol–water partition coefficient (Wildman–Crippen LogP) is 0.516. The molecule has 0 unspecified atom stereocenters. The molecule has 2 rings (SSSR count). The molecule has 1 aromatic heterocycles. The van der Waals surface area contributed by atoms with Gasteiger partial charge in [-0.25, -0.2) is 14.3 Å². The van der Waals surface area contributed by atoms with E-state index in [4.69, 9.17) is 9.47 Å². The van der Waals surface area contributed by atoms with Crippen LogP contribution in [-0.4, -0.2) is 34.4 Å². The molecule has 0 bridgehead atoms. The van der Waals surface area contributed by atoms with E-state index < -0.39 is 18.0 Å². The van der Waals surface area contributed by atoms with Crippen molar-refractivity contribution in [3.05, 3.63) is 28.2 Å². The second kappa shape index (κ2) is 6.31. The fraction of sp³-hybridized carbons (Fsp3) is 0.538. The van der Waals surface area contributed by atoms with Gasteiger partial charge in [0.2, 0.25) is 6.10 Å². The van der Waals surface area contributed by atoms with Gasteiger partial charge in [0, 0.05) is 19.0 Å². The molecule has 1 atom stereocenters. The standard InChI is InChI=1S/C13H16N2O5/c1-2-3-7-15-11(16)5-4-9(14-15)12(17)20-10-6-8-19-13(10)18/h4-5,10H,2-3,6-8H2,1H3/t10-/m0/s1. The lowest BCUT2D eigenvalue weighted by Gasteiger charge is -2.09. The first-order chi connectivity index (χ1) is 9.61. The number of hydrogen-bond donors (Lipinski definition) is 0. The van der Waals surface area contributed by atoms with Crippen molar-refractivity contribution in [2.45, 2.75) is 38.8 Å². The highest BCUT2D eigenvalue weighted by molar-refractivity contribution is 5.89. The number of unbranched alkanes of at least 4 members (excludes halogenated alkanes) is 1. The minimum Gasteiger partial charge on any atom is -0.463 e. The maximum atomic E-state index is 11.9. The molecular formula is C13H16N2O5. The lowest BCUT2D eigenvalue weighted by atomic mass is 10.3. The molecule has 0 saturated carbocycles. The fourth-order valence-corrected chi connectivity index (χ4v) is 1.80. The van der Waals surface area contributed by atoms with E-state index in [-0.39, 0.29) is 17.9 Å². The van der Waals surface area contributed by atoms with Crippen molar-refractivity contribution in [1.82, 2.24) is 9.78 Å². The van der Waals surface area contributed by atoms with Crippen LogP contribution < -0.4 is 5.56 Å². The van der Waals surface area contributed by atoms with Gasteiger partial charge < -0.3 is 9.47 Å². The summed E-state index contributed by atoms with van der Waals surface area (Å²) in [5.74, 6) is -1.27. The summed E-state index contributed by atoms with van der Waals surface area (Å²) >= 11 is 0. The van der Waals surface area contributed by atoms with Crippen molar-refractivity contribution in [3.8, 4) is 0 Å². The highest BCUT2D eigenvalue weighted by Crippen LogP contribution is 2.12. The van der Waals surface area contributed by atoms with E-state index in [1.54, 1.807) is 0 Å². The second-order valence-corrected chi connectivity index (χ2v) is 4.48. The summed E-state index contributed by atoms with van der Waals surface area (Å²) in [6, 6.07) is 2.57. The van der Waals surface area contributed by atoms with Crippen molar-refractivity contribution in [1.29, 1.82) is 0 Å². The molecular weight excluding hydrogens is 264 g/mol. The molecule has 0 amide bonds. The first-order valence-electron chi connectivity index (χ1n) is 6.57. The molecule has 1 aliphatic heterocycles. The van der Waals surface area contributed by atoms with Crippen LogP contribution in [0.3, 0.4) is 0 Å². The SMILES string of the molecule is CCCCn1nc(C(=O)O[C@H]2CCOC2=O)ccc1=O. The van der Waals surface area contributed by atoms with Crippen LogP contribution in [0.15, 0.2) is 16.9 Å². The largest absolute Gasteiger partial charge is 0.463 e. The van der Waals surface area contributed by atoms with E-state index in [1.165, 1.54) is 16.8 Å². The highest BCUT2D eigenvalue weighted by atomic mass is 16.6. The number of ether oxygens (including phenoxy) is 2. The average molecular weight is 280 g/mol. The normalized spacial score (nSPS) is 17.9. The molecule has 108 valence electrons. The maximum absolute atomic E-state index is 11.9. The number of aromatic nitrogens is 2. The molecule has 20 heavy (non-hydrogen) atoms. The molecule has 1 aliphatic rings. The van der Waals surface area contributed by atoms with Crippen molar-refractivity contribution in [3.63, 3.8) is 0 Å². The van der Waals surface area contributed by atoms with E-state index in [0.29, 0.717) is 13.0 Å². The van der Waals surface area contributed by atoms with Crippen molar-refractivity contribution < 1.29 is 19.1 Å². The molecule has 7 nitrogen and oxygen atoms in total. The van der Waals surface area contributed by atoms with Crippen LogP contribution in [0.25, 0.3) is 0 Å². The predicted molar refractivity (Wildman–Crippen MR) is 68.2 cm³/mol. The summed E-state index contributed by atoms with van der Waals surface area (Å²) in [7, 11) is 0. The summed E-state index contributed by atoms with van der Waals surface area (Å²) in [6.45, 7) is 2.69. The van der Waals surface area contributed by atoms with Gasteiger partial charge in [-0.15, -0.1) is 0 Å². The van der Waals surface area contributed by atoms with Crippen molar-refractivity contribution in [2.75, 3.05) is 6.61 Å². The Hall–Kier alpha value is -2.18. The Morgan fingerprint density at radius 2 is 2.30 bits per heavy atom. The van der Waals surface area contributed by atoms with Gasteiger partial charge in [0.15, 0.2) is 5.69 Å². The number of esters is 2. The van der Waals surface area contributed by atoms with Gasteiger partial charge >= 0.3 is 11.9 Å². The van der Waals surface area contributed by atoms with E-state index in [2.05, 4.69) is 5.10 Å². The van der Waals surface area contributed by atoms with Crippen LogP contribution in [0.2, 0.25) is 0 Å². The van der Waals surface area contributed by atoms with Gasteiger partial charge in [0.25, 0.3) is 5.56 Å². The van der Waals surface area contributed by atoms with Gasteiger partial charge in [-0.2, -0.15) is 5.10 Å². The van der Waals surface area contributed by atoms with Gasteiger partial charge in [-0.1, -0.05) is 13.3 Å². The van der Waals surface area contributed by atoms with Crippen LogP contribution in [0.5, 0.6) is 0 Å². The number of hydrogen-bond acceptors (Lipinski definition) is 6. The smallest absolute Gasteiger partial charge is 0.359 e. The lowest BCUT2D eigenvalue weighted by molar-refractivity contribution is -0.145.